The highest BCUT2D eigenvalue weighted by Gasteiger charge is 2.17. The predicted octanol–water partition coefficient (Wildman–Crippen LogP) is -0.121. The van der Waals surface area contributed by atoms with Gasteiger partial charge in [0, 0.05) is 14.1 Å². The largest absolute Gasteiger partial charge is 0.466 e. The zero-order valence-corrected chi connectivity index (χ0v) is 14.2. The Hall–Kier alpha value is -3.36. The third-order valence-electron chi connectivity index (χ3n) is 3.68. The molecule has 2 aromatic rings. The van der Waals surface area contributed by atoms with Crippen LogP contribution in [0.5, 0.6) is 0 Å². The number of anilines is 1. The maximum atomic E-state index is 12.6. The fourth-order valence-electron chi connectivity index (χ4n) is 2.25. The Balaban J connectivity index is 2.71. The minimum absolute atomic E-state index is 0.0905. The summed E-state index contributed by atoms with van der Waals surface area (Å²) in [7, 11) is 5.23. The number of nitrogens with one attached hydrogen (secondary N) is 1. The van der Waals surface area contributed by atoms with Crippen LogP contribution in [0.15, 0.2) is 39.6 Å². The summed E-state index contributed by atoms with van der Waals surface area (Å²) in [6.45, 7) is 0. The Kier molecular flexibility index (Phi) is 5.06. The lowest BCUT2D eigenvalue weighted by Crippen LogP contribution is -2.35. The molecule has 1 N–H and O–H groups in total. The first kappa shape index (κ1) is 18.0. The van der Waals surface area contributed by atoms with Gasteiger partial charge in [0.2, 0.25) is 0 Å². The van der Waals surface area contributed by atoms with Gasteiger partial charge in [0.25, 0.3) is 11.1 Å². The molecule has 0 fully saturated rings. The topological polar surface area (TPSA) is 109 Å². The molecule has 0 bridgehead atoms. The van der Waals surface area contributed by atoms with Gasteiger partial charge in [-0.2, -0.15) is 0 Å². The van der Waals surface area contributed by atoms with Crippen molar-refractivity contribution in [3.05, 3.63) is 50.7 Å². The SMILES string of the molecule is COC(=O)/C=C(/Nc1cccc2c(=O)n(C)n(C)c(=O)c12)C(=O)OC. The van der Waals surface area contributed by atoms with Gasteiger partial charge < -0.3 is 14.8 Å². The Bertz CT molecular complexity index is 999. The molecule has 9 heteroatoms. The van der Waals surface area contributed by atoms with E-state index in [0.29, 0.717) is 0 Å². The number of rotatable bonds is 4. The van der Waals surface area contributed by atoms with Crippen molar-refractivity contribution in [1.82, 2.24) is 9.36 Å². The zero-order chi connectivity index (χ0) is 18.7. The highest BCUT2D eigenvalue weighted by molar-refractivity contribution is 6.02. The smallest absolute Gasteiger partial charge is 0.354 e. The summed E-state index contributed by atoms with van der Waals surface area (Å²) < 4.78 is 11.4. The van der Waals surface area contributed by atoms with Crippen molar-refractivity contribution in [3.63, 3.8) is 0 Å². The first-order valence-electron chi connectivity index (χ1n) is 7.15. The molecule has 0 aliphatic rings. The fraction of sp³-hybridized carbons (Fsp3) is 0.250. The third kappa shape index (κ3) is 3.30. The Morgan fingerprint density at radius 3 is 2.28 bits per heavy atom. The molecule has 9 nitrogen and oxygen atoms in total. The van der Waals surface area contributed by atoms with Gasteiger partial charge in [-0.05, 0) is 12.1 Å². The molecule has 1 aromatic carbocycles. The standard InChI is InChI=1S/C16H17N3O6/c1-18-14(21)9-6-5-7-10(13(9)15(22)19(18)2)17-11(16(23)25-4)8-12(20)24-3/h5-8,17H,1-4H3/b11-8+. The van der Waals surface area contributed by atoms with E-state index in [-0.39, 0.29) is 27.7 Å². The van der Waals surface area contributed by atoms with Crippen molar-refractivity contribution in [2.45, 2.75) is 0 Å². The molecular formula is C16H17N3O6. The summed E-state index contributed by atoms with van der Waals surface area (Å²) in [5.74, 6) is -1.61. The predicted molar refractivity (Wildman–Crippen MR) is 90.2 cm³/mol. The van der Waals surface area contributed by atoms with Crippen LogP contribution in [0.2, 0.25) is 0 Å². The molecule has 0 aliphatic carbocycles. The maximum Gasteiger partial charge on any atom is 0.354 e. The summed E-state index contributed by atoms with van der Waals surface area (Å²) in [5.41, 5.74) is -0.860. The quantitative estimate of drug-likeness (QED) is 0.606. The maximum absolute atomic E-state index is 12.6. The second kappa shape index (κ2) is 7.04. The molecule has 1 aromatic heterocycles. The van der Waals surface area contributed by atoms with E-state index in [1.165, 1.54) is 30.9 Å². The number of esters is 2. The van der Waals surface area contributed by atoms with Crippen LogP contribution in [-0.4, -0.2) is 35.5 Å². The molecule has 0 atom stereocenters. The summed E-state index contributed by atoms with van der Waals surface area (Å²) in [6, 6.07) is 4.57. The van der Waals surface area contributed by atoms with Crippen molar-refractivity contribution < 1.29 is 19.1 Å². The van der Waals surface area contributed by atoms with Crippen LogP contribution in [0.25, 0.3) is 10.8 Å². The van der Waals surface area contributed by atoms with E-state index in [1.807, 2.05) is 0 Å². The fourth-order valence-corrected chi connectivity index (χ4v) is 2.25. The van der Waals surface area contributed by atoms with Crippen molar-refractivity contribution in [1.29, 1.82) is 0 Å². The van der Waals surface area contributed by atoms with Crippen LogP contribution >= 0.6 is 0 Å². The van der Waals surface area contributed by atoms with Crippen LogP contribution in [0.1, 0.15) is 0 Å². The molecule has 0 spiro atoms. The third-order valence-corrected chi connectivity index (χ3v) is 3.68. The molecule has 25 heavy (non-hydrogen) atoms. The molecule has 0 radical (unpaired) electrons. The number of carbonyl (C=O) groups excluding carboxylic acids is 2. The van der Waals surface area contributed by atoms with Gasteiger partial charge in [-0.1, -0.05) is 6.07 Å². The van der Waals surface area contributed by atoms with Gasteiger partial charge in [0.05, 0.1) is 36.8 Å². The first-order valence-corrected chi connectivity index (χ1v) is 7.15. The first-order chi connectivity index (χ1) is 11.8. The van der Waals surface area contributed by atoms with Gasteiger partial charge in [0.15, 0.2) is 0 Å². The summed E-state index contributed by atoms with van der Waals surface area (Å²) in [5, 5.41) is 2.95. The Morgan fingerprint density at radius 1 is 1.04 bits per heavy atom. The number of hydrogen-bond donors (Lipinski definition) is 1. The molecule has 0 aliphatic heterocycles. The molecule has 0 saturated heterocycles. The van der Waals surface area contributed by atoms with Gasteiger partial charge in [-0.15, -0.1) is 0 Å². The molecule has 2 rings (SSSR count). The van der Waals surface area contributed by atoms with Crippen LogP contribution in [0.3, 0.4) is 0 Å². The van der Waals surface area contributed by atoms with Gasteiger partial charge in [0.1, 0.15) is 5.70 Å². The molecule has 0 amide bonds. The van der Waals surface area contributed by atoms with Crippen LogP contribution in [0, 0.1) is 0 Å². The number of carbonyl (C=O) groups is 2. The average molecular weight is 347 g/mol. The second-order valence-corrected chi connectivity index (χ2v) is 5.08. The number of benzene rings is 1. The van der Waals surface area contributed by atoms with Crippen molar-refractivity contribution in [3.8, 4) is 0 Å². The number of methoxy groups -OCH3 is 2. The van der Waals surface area contributed by atoms with E-state index >= 15 is 0 Å². The molecule has 1 heterocycles. The summed E-state index contributed by atoms with van der Waals surface area (Å²) in [4.78, 5) is 48.2. The lowest BCUT2D eigenvalue weighted by molar-refractivity contribution is -0.138. The lowest BCUT2D eigenvalue weighted by atomic mass is 10.1. The molecule has 0 saturated carbocycles. The van der Waals surface area contributed by atoms with Gasteiger partial charge in [-0.3, -0.25) is 19.0 Å². The lowest BCUT2D eigenvalue weighted by Gasteiger charge is -2.13. The van der Waals surface area contributed by atoms with Crippen LogP contribution in [0.4, 0.5) is 5.69 Å². The van der Waals surface area contributed by atoms with Crippen LogP contribution < -0.4 is 16.4 Å². The van der Waals surface area contributed by atoms with E-state index in [2.05, 4.69) is 14.8 Å². The minimum atomic E-state index is -0.830. The average Bonchev–Trinajstić information content (AvgIpc) is 2.62. The van der Waals surface area contributed by atoms with E-state index in [1.54, 1.807) is 6.07 Å². The zero-order valence-electron chi connectivity index (χ0n) is 14.2. The van der Waals surface area contributed by atoms with Crippen molar-refractivity contribution in [2.24, 2.45) is 14.1 Å². The number of aromatic nitrogens is 2. The molecular weight excluding hydrogens is 330 g/mol. The van der Waals surface area contributed by atoms with E-state index < -0.39 is 17.5 Å². The van der Waals surface area contributed by atoms with E-state index in [4.69, 9.17) is 0 Å². The molecule has 0 unspecified atom stereocenters. The minimum Gasteiger partial charge on any atom is -0.466 e. The highest BCUT2D eigenvalue weighted by atomic mass is 16.5. The summed E-state index contributed by atoms with van der Waals surface area (Å²) in [6.07, 6.45) is 0.899. The van der Waals surface area contributed by atoms with E-state index in [9.17, 15) is 19.2 Å². The number of fused-ring (bicyclic) bond motifs is 1. The van der Waals surface area contributed by atoms with Crippen molar-refractivity contribution in [2.75, 3.05) is 19.5 Å². The molecule has 132 valence electrons. The van der Waals surface area contributed by atoms with Gasteiger partial charge in [-0.25, -0.2) is 9.59 Å². The second-order valence-electron chi connectivity index (χ2n) is 5.08. The highest BCUT2D eigenvalue weighted by Crippen LogP contribution is 2.19. The Morgan fingerprint density at radius 2 is 1.68 bits per heavy atom. The van der Waals surface area contributed by atoms with Crippen molar-refractivity contribution >= 4 is 28.4 Å². The number of ether oxygens (including phenoxy) is 2. The van der Waals surface area contributed by atoms with Gasteiger partial charge >= 0.3 is 11.9 Å². The summed E-state index contributed by atoms with van der Waals surface area (Å²) >= 11 is 0. The normalized spacial score (nSPS) is 11.3. The number of hydrogen-bond acceptors (Lipinski definition) is 7. The van der Waals surface area contributed by atoms with E-state index in [0.717, 1.165) is 25.0 Å². The number of nitrogens with zero attached hydrogens (tertiary/aromatic N) is 2. The monoisotopic (exact) mass is 347 g/mol. The van der Waals surface area contributed by atoms with Crippen LogP contribution in [-0.2, 0) is 33.2 Å². The Labute approximate surface area is 142 Å².